The molecule has 0 aromatic heterocycles. The molecule has 0 saturated carbocycles. The molecule has 12 nitrogen and oxygen atoms in total. The quantitative estimate of drug-likeness (QED) is 0.133. The number of hydrogen-bond donors (Lipinski definition) is 6. The monoisotopic (exact) mass is 476 g/mol. The summed E-state index contributed by atoms with van der Waals surface area (Å²) < 4.78 is 27.3. The topological polar surface area (TPSA) is 170 Å². The Bertz CT molecular complexity index is 743. The minimum absolute atomic E-state index is 0.0839. The number of carboxylic acid groups (broad SMARTS) is 1. The lowest BCUT2D eigenvalue weighted by Crippen LogP contribution is -2.67. The van der Waals surface area contributed by atoms with Crippen LogP contribution in [0, 0.1) is 0 Å². The lowest BCUT2D eigenvalue weighted by Gasteiger charge is -2.32. The Hall–Kier alpha value is -1.64. The molecule has 2 aliphatic rings. The Kier molecular flexibility index (Phi) is 10.9. The Labute approximate surface area is 189 Å². The first-order chi connectivity index (χ1) is 15.3. The Balaban J connectivity index is 1.97. The van der Waals surface area contributed by atoms with E-state index in [1.54, 1.807) is 0 Å². The van der Waals surface area contributed by atoms with Gasteiger partial charge in [0.1, 0.15) is 0 Å². The van der Waals surface area contributed by atoms with Crippen molar-refractivity contribution < 1.29 is 28.0 Å². The van der Waals surface area contributed by atoms with Crippen LogP contribution in [0.5, 0.6) is 0 Å². The number of rotatable bonds is 15. The van der Waals surface area contributed by atoms with Gasteiger partial charge in [0, 0.05) is 19.3 Å². The number of carbonyl (C=O) groups is 2. The molecule has 0 aliphatic carbocycles. The van der Waals surface area contributed by atoms with Gasteiger partial charge in [-0.15, -0.1) is 0 Å². The molecule has 0 bridgehead atoms. The van der Waals surface area contributed by atoms with Crippen LogP contribution in [0.3, 0.4) is 0 Å². The van der Waals surface area contributed by atoms with Crippen molar-refractivity contribution in [2.75, 3.05) is 25.4 Å². The molecule has 0 radical (unpaired) electrons. The van der Waals surface area contributed by atoms with Gasteiger partial charge in [0.25, 0.3) is 5.91 Å². The maximum atomic E-state index is 12.6. The first-order valence-corrected chi connectivity index (χ1v) is 12.9. The summed E-state index contributed by atoms with van der Waals surface area (Å²) in [5, 5.41) is 18.8. The molecule has 184 valence electrons. The molecular formula is C19H36N6O6S. The summed E-state index contributed by atoms with van der Waals surface area (Å²) in [6, 6.07) is 0. The van der Waals surface area contributed by atoms with Crippen molar-refractivity contribution in [1.82, 2.24) is 26.2 Å². The number of aliphatic imine (C=N–C) groups is 1. The predicted octanol–water partition coefficient (Wildman–Crippen LogP) is -0.606. The van der Waals surface area contributed by atoms with Gasteiger partial charge in [0.15, 0.2) is 12.4 Å². The van der Waals surface area contributed by atoms with Crippen LogP contribution >= 0.6 is 0 Å². The maximum Gasteiger partial charge on any atom is 0.345 e. The van der Waals surface area contributed by atoms with Crippen LogP contribution in [-0.4, -0.2) is 75.1 Å². The van der Waals surface area contributed by atoms with Gasteiger partial charge in [-0.25, -0.2) is 18.7 Å². The summed E-state index contributed by atoms with van der Waals surface area (Å²) in [7, 11) is -3.92. The van der Waals surface area contributed by atoms with Crippen molar-refractivity contribution in [2.45, 2.75) is 76.3 Å². The van der Waals surface area contributed by atoms with E-state index in [4.69, 9.17) is 4.84 Å². The minimum Gasteiger partial charge on any atom is -0.478 e. The summed E-state index contributed by atoms with van der Waals surface area (Å²) in [5.74, 6) is -2.33. The van der Waals surface area contributed by atoms with Crippen molar-refractivity contribution >= 4 is 28.1 Å². The molecule has 1 saturated heterocycles. The fraction of sp³-hybridized carbons (Fsp3) is 0.842. The number of hydroxylamine groups is 1. The predicted molar refractivity (Wildman–Crippen MR) is 119 cm³/mol. The molecule has 0 aromatic carbocycles. The largest absolute Gasteiger partial charge is 0.478 e. The second-order valence-electron chi connectivity index (χ2n) is 8.01. The fourth-order valence-corrected chi connectivity index (χ4v) is 4.99. The molecule has 3 atom stereocenters. The van der Waals surface area contributed by atoms with E-state index in [0.717, 1.165) is 19.4 Å². The zero-order valence-electron chi connectivity index (χ0n) is 18.6. The maximum absolute atomic E-state index is 12.6. The average molecular weight is 477 g/mol. The summed E-state index contributed by atoms with van der Waals surface area (Å²) in [6.07, 6.45) is 4.88. The van der Waals surface area contributed by atoms with Crippen LogP contribution in [0.15, 0.2) is 4.99 Å². The average Bonchev–Trinajstić information content (AvgIpc) is 3.30. The van der Waals surface area contributed by atoms with Gasteiger partial charge < -0.3 is 10.4 Å². The Morgan fingerprint density at radius 3 is 2.69 bits per heavy atom. The van der Waals surface area contributed by atoms with Gasteiger partial charge in [-0.3, -0.25) is 25.3 Å². The van der Waals surface area contributed by atoms with Gasteiger partial charge in [-0.05, 0) is 45.1 Å². The highest BCUT2D eigenvalue weighted by atomic mass is 32.2. The van der Waals surface area contributed by atoms with Crippen LogP contribution in [0.25, 0.3) is 0 Å². The van der Waals surface area contributed by atoms with E-state index < -0.39 is 33.7 Å². The van der Waals surface area contributed by atoms with Crippen molar-refractivity contribution in [3.05, 3.63) is 0 Å². The molecule has 1 amide bonds. The molecule has 2 rings (SSSR count). The number of amides is 1. The second kappa shape index (κ2) is 13.2. The minimum atomic E-state index is -3.92. The van der Waals surface area contributed by atoms with Gasteiger partial charge in [0.2, 0.25) is 15.7 Å². The van der Waals surface area contributed by atoms with Crippen LogP contribution in [0.4, 0.5) is 0 Å². The molecule has 1 fully saturated rings. The first kappa shape index (κ1) is 26.6. The van der Waals surface area contributed by atoms with E-state index in [1.165, 1.54) is 0 Å². The van der Waals surface area contributed by atoms with E-state index in [1.807, 2.05) is 13.1 Å². The van der Waals surface area contributed by atoms with E-state index >= 15 is 0 Å². The number of nitrogens with one attached hydrogen (secondary N) is 5. The number of carboxylic acids is 1. The number of sulfonamides is 1. The van der Waals surface area contributed by atoms with Gasteiger partial charge in [-0.2, -0.15) is 4.72 Å². The molecule has 3 unspecified atom stereocenters. The van der Waals surface area contributed by atoms with Crippen molar-refractivity contribution in [3.63, 3.8) is 0 Å². The van der Waals surface area contributed by atoms with Crippen LogP contribution in [0.1, 0.15) is 58.3 Å². The molecule has 2 aliphatic heterocycles. The van der Waals surface area contributed by atoms with Crippen molar-refractivity contribution in [3.8, 4) is 0 Å². The van der Waals surface area contributed by atoms with Crippen LogP contribution in [0.2, 0.25) is 0 Å². The van der Waals surface area contributed by atoms with Crippen LogP contribution in [-0.2, 0) is 24.4 Å². The lowest BCUT2D eigenvalue weighted by atomic mass is 10.0. The van der Waals surface area contributed by atoms with E-state index in [9.17, 15) is 23.1 Å². The van der Waals surface area contributed by atoms with E-state index in [2.05, 4.69) is 31.1 Å². The van der Waals surface area contributed by atoms with Crippen molar-refractivity contribution in [2.24, 2.45) is 4.99 Å². The summed E-state index contributed by atoms with van der Waals surface area (Å²) in [5.41, 5.74) is 0.442. The lowest BCUT2D eigenvalue weighted by molar-refractivity contribution is -0.151. The van der Waals surface area contributed by atoms with Crippen LogP contribution < -0.4 is 26.2 Å². The number of carbonyl (C=O) groups excluding carboxylic acids is 1. The van der Waals surface area contributed by atoms with Crippen molar-refractivity contribution in [1.29, 1.82) is 0 Å². The molecule has 32 heavy (non-hydrogen) atoms. The van der Waals surface area contributed by atoms with E-state index in [-0.39, 0.29) is 18.5 Å². The molecule has 0 aromatic rings. The zero-order valence-corrected chi connectivity index (χ0v) is 19.4. The normalized spacial score (nSPS) is 23.0. The smallest absolute Gasteiger partial charge is 0.345 e. The number of unbranched alkanes of at least 4 members (excludes halogenated alkanes) is 3. The summed E-state index contributed by atoms with van der Waals surface area (Å²) in [4.78, 5) is 34.2. The highest BCUT2D eigenvalue weighted by Crippen LogP contribution is 2.17. The zero-order chi connectivity index (χ0) is 23.5. The Morgan fingerprint density at radius 1 is 1.25 bits per heavy atom. The fourth-order valence-electron chi connectivity index (χ4n) is 3.45. The summed E-state index contributed by atoms with van der Waals surface area (Å²) in [6.45, 7) is 3.83. The number of nitrogens with zero attached hydrogens (tertiary/aromatic N) is 1. The second-order valence-corrected chi connectivity index (χ2v) is 9.85. The van der Waals surface area contributed by atoms with Gasteiger partial charge >= 0.3 is 5.97 Å². The highest BCUT2D eigenvalue weighted by molar-refractivity contribution is 7.89. The Morgan fingerprint density at radius 2 is 2.06 bits per heavy atom. The third-order valence-electron chi connectivity index (χ3n) is 5.26. The van der Waals surface area contributed by atoms with E-state index in [0.29, 0.717) is 45.2 Å². The summed E-state index contributed by atoms with van der Waals surface area (Å²) >= 11 is 0. The molecule has 13 heteroatoms. The third kappa shape index (κ3) is 8.71. The third-order valence-corrected chi connectivity index (χ3v) is 6.74. The number of aliphatic carboxylic acids is 1. The molecule has 0 spiro atoms. The van der Waals surface area contributed by atoms with Gasteiger partial charge in [0.05, 0.1) is 5.75 Å². The van der Waals surface area contributed by atoms with Gasteiger partial charge in [-0.1, -0.05) is 19.8 Å². The SMILES string of the molecule is CCCCS(=O)(=O)NC(CCCCCNC1N=CCCN1)(NC(=O)C1CCNO1)C(=O)O. The molecule has 6 N–H and O–H groups in total. The molecular weight excluding hydrogens is 440 g/mol. The number of hydrogen-bond acceptors (Lipinski definition) is 9. The standard InChI is InChI=1S/C19H36N6O6S/c1-2-3-14-32(29,30)25-19(17(27)28,24-16(26)15-8-13-23-31-15)9-5-4-6-10-20-18-21-11-7-12-22-18/h11,15,18,20,22-23,25H,2-10,12-14H2,1H3,(H,24,26)(H,27,28). The molecule has 2 heterocycles. The highest BCUT2D eigenvalue weighted by Gasteiger charge is 2.44. The first-order valence-electron chi connectivity index (χ1n) is 11.2.